The van der Waals surface area contributed by atoms with Crippen molar-refractivity contribution in [2.24, 2.45) is 11.8 Å². The summed E-state index contributed by atoms with van der Waals surface area (Å²) < 4.78 is 2.16. The molecule has 1 aliphatic carbocycles. The summed E-state index contributed by atoms with van der Waals surface area (Å²) >= 11 is 0. The fourth-order valence-corrected chi connectivity index (χ4v) is 2.79. The standard InChI is InChI=1S/C13H23N3O/c1-2-16-10-15-8-13(16)7-14-6-11-4-3-5-12(11)9-17/h8,10-12,14,17H,2-7,9H2,1H3. The Morgan fingerprint density at radius 1 is 1.47 bits per heavy atom. The van der Waals surface area contributed by atoms with Crippen LogP contribution in [0.15, 0.2) is 12.5 Å². The number of aliphatic hydroxyl groups excluding tert-OH is 1. The van der Waals surface area contributed by atoms with Crippen LogP contribution in [0.4, 0.5) is 0 Å². The molecule has 17 heavy (non-hydrogen) atoms. The van der Waals surface area contributed by atoms with Crippen molar-refractivity contribution in [2.45, 2.75) is 39.3 Å². The lowest BCUT2D eigenvalue weighted by Gasteiger charge is -2.18. The second-order valence-electron chi connectivity index (χ2n) is 4.94. The number of hydrogen-bond donors (Lipinski definition) is 2. The number of rotatable bonds is 6. The van der Waals surface area contributed by atoms with Crippen molar-refractivity contribution in [1.82, 2.24) is 14.9 Å². The molecule has 4 heteroatoms. The van der Waals surface area contributed by atoms with Gasteiger partial charge in [-0.1, -0.05) is 6.42 Å². The van der Waals surface area contributed by atoms with Gasteiger partial charge in [0.15, 0.2) is 0 Å². The Labute approximate surface area is 103 Å². The Morgan fingerprint density at radius 2 is 2.29 bits per heavy atom. The largest absolute Gasteiger partial charge is 0.396 e. The highest BCUT2D eigenvalue weighted by Gasteiger charge is 2.25. The molecule has 0 saturated heterocycles. The summed E-state index contributed by atoms with van der Waals surface area (Å²) in [5.41, 5.74) is 1.24. The molecule has 1 aromatic heterocycles. The predicted molar refractivity (Wildman–Crippen MR) is 67.5 cm³/mol. The van der Waals surface area contributed by atoms with Crippen LogP contribution in [-0.2, 0) is 13.1 Å². The van der Waals surface area contributed by atoms with Crippen LogP contribution in [0.2, 0.25) is 0 Å². The molecule has 0 aliphatic heterocycles. The first-order valence-electron chi connectivity index (χ1n) is 6.65. The summed E-state index contributed by atoms with van der Waals surface area (Å²) in [5, 5.41) is 12.8. The molecule has 2 unspecified atom stereocenters. The summed E-state index contributed by atoms with van der Waals surface area (Å²) in [5.74, 6) is 1.16. The first-order chi connectivity index (χ1) is 8.35. The van der Waals surface area contributed by atoms with Crippen LogP contribution in [0, 0.1) is 11.8 Å². The van der Waals surface area contributed by atoms with E-state index in [-0.39, 0.29) is 0 Å². The molecule has 0 spiro atoms. The highest BCUT2D eigenvalue weighted by molar-refractivity contribution is 4.97. The molecule has 1 aliphatic rings. The number of nitrogens with one attached hydrogen (secondary N) is 1. The van der Waals surface area contributed by atoms with Gasteiger partial charge in [0, 0.05) is 25.9 Å². The SMILES string of the molecule is CCn1cncc1CNCC1CCCC1CO. The molecule has 1 heterocycles. The molecule has 0 radical (unpaired) electrons. The fourth-order valence-electron chi connectivity index (χ4n) is 2.79. The fraction of sp³-hybridized carbons (Fsp3) is 0.769. The maximum Gasteiger partial charge on any atom is 0.0948 e. The Bertz CT molecular complexity index is 337. The van der Waals surface area contributed by atoms with Crippen LogP contribution >= 0.6 is 0 Å². The summed E-state index contributed by atoms with van der Waals surface area (Å²) in [7, 11) is 0. The monoisotopic (exact) mass is 237 g/mol. The number of hydrogen-bond acceptors (Lipinski definition) is 3. The van der Waals surface area contributed by atoms with Gasteiger partial charge in [0.1, 0.15) is 0 Å². The van der Waals surface area contributed by atoms with Crippen molar-refractivity contribution in [2.75, 3.05) is 13.2 Å². The molecule has 0 bridgehead atoms. The Kier molecular flexibility index (Phi) is 4.57. The van der Waals surface area contributed by atoms with Gasteiger partial charge in [-0.15, -0.1) is 0 Å². The molecule has 2 atom stereocenters. The van der Waals surface area contributed by atoms with Gasteiger partial charge < -0.3 is 15.0 Å². The van der Waals surface area contributed by atoms with Crippen LogP contribution < -0.4 is 5.32 Å². The van der Waals surface area contributed by atoms with Crippen LogP contribution in [0.1, 0.15) is 31.9 Å². The normalized spacial score (nSPS) is 24.4. The summed E-state index contributed by atoms with van der Waals surface area (Å²) in [6, 6.07) is 0. The van der Waals surface area contributed by atoms with E-state index in [2.05, 4.69) is 21.8 Å². The molecule has 1 fully saturated rings. The second-order valence-corrected chi connectivity index (χ2v) is 4.94. The summed E-state index contributed by atoms with van der Waals surface area (Å²) in [6.07, 6.45) is 7.52. The van der Waals surface area contributed by atoms with E-state index >= 15 is 0 Å². The van der Waals surface area contributed by atoms with Gasteiger partial charge >= 0.3 is 0 Å². The van der Waals surface area contributed by atoms with E-state index in [1.54, 1.807) is 0 Å². The number of imidazole rings is 1. The van der Waals surface area contributed by atoms with Crippen LogP contribution in [0.3, 0.4) is 0 Å². The molecular formula is C13H23N3O. The third-order valence-corrected chi connectivity index (χ3v) is 3.90. The van der Waals surface area contributed by atoms with Gasteiger partial charge in [-0.05, 0) is 38.1 Å². The van der Waals surface area contributed by atoms with E-state index in [4.69, 9.17) is 0 Å². The molecular weight excluding hydrogens is 214 g/mol. The summed E-state index contributed by atoms with van der Waals surface area (Å²) in [4.78, 5) is 4.16. The predicted octanol–water partition coefficient (Wildman–Crippen LogP) is 1.40. The smallest absolute Gasteiger partial charge is 0.0948 e. The Morgan fingerprint density at radius 3 is 3.06 bits per heavy atom. The van der Waals surface area contributed by atoms with E-state index in [1.165, 1.54) is 25.0 Å². The van der Waals surface area contributed by atoms with Gasteiger partial charge in [0.05, 0.1) is 12.0 Å². The van der Waals surface area contributed by atoms with E-state index in [0.717, 1.165) is 19.6 Å². The maximum atomic E-state index is 9.26. The number of aliphatic hydroxyl groups is 1. The molecule has 2 rings (SSSR count). The molecule has 4 nitrogen and oxygen atoms in total. The highest BCUT2D eigenvalue weighted by Crippen LogP contribution is 2.30. The zero-order valence-corrected chi connectivity index (χ0v) is 10.6. The second kappa shape index (κ2) is 6.17. The van der Waals surface area contributed by atoms with Gasteiger partial charge in [0.2, 0.25) is 0 Å². The summed E-state index contributed by atoms with van der Waals surface area (Å²) in [6.45, 7) is 5.34. The van der Waals surface area contributed by atoms with Gasteiger partial charge in [0.25, 0.3) is 0 Å². The van der Waals surface area contributed by atoms with Crippen molar-refractivity contribution in [3.63, 3.8) is 0 Å². The average Bonchev–Trinajstić information content (AvgIpc) is 2.97. The van der Waals surface area contributed by atoms with Crippen molar-refractivity contribution < 1.29 is 5.11 Å². The lowest BCUT2D eigenvalue weighted by Crippen LogP contribution is -2.27. The lowest BCUT2D eigenvalue weighted by molar-refractivity contribution is 0.192. The third-order valence-electron chi connectivity index (χ3n) is 3.90. The average molecular weight is 237 g/mol. The first-order valence-corrected chi connectivity index (χ1v) is 6.65. The van der Waals surface area contributed by atoms with Gasteiger partial charge in [-0.2, -0.15) is 0 Å². The zero-order chi connectivity index (χ0) is 12.1. The minimum atomic E-state index is 0.346. The van der Waals surface area contributed by atoms with Crippen LogP contribution in [-0.4, -0.2) is 27.8 Å². The lowest BCUT2D eigenvalue weighted by atomic mass is 9.97. The maximum absolute atomic E-state index is 9.26. The van der Waals surface area contributed by atoms with E-state index in [1.807, 2.05) is 12.5 Å². The molecule has 0 amide bonds. The van der Waals surface area contributed by atoms with Gasteiger partial charge in [-0.3, -0.25) is 0 Å². The minimum absolute atomic E-state index is 0.346. The molecule has 0 aromatic carbocycles. The van der Waals surface area contributed by atoms with Crippen molar-refractivity contribution >= 4 is 0 Å². The number of aryl methyl sites for hydroxylation is 1. The highest BCUT2D eigenvalue weighted by atomic mass is 16.3. The number of aromatic nitrogens is 2. The van der Waals surface area contributed by atoms with E-state index in [9.17, 15) is 5.11 Å². The Hall–Kier alpha value is -0.870. The van der Waals surface area contributed by atoms with E-state index in [0.29, 0.717) is 18.4 Å². The molecule has 1 saturated carbocycles. The molecule has 1 aromatic rings. The quantitative estimate of drug-likeness (QED) is 0.786. The van der Waals surface area contributed by atoms with Crippen LogP contribution in [0.5, 0.6) is 0 Å². The van der Waals surface area contributed by atoms with E-state index < -0.39 is 0 Å². The topological polar surface area (TPSA) is 50.1 Å². The minimum Gasteiger partial charge on any atom is -0.396 e. The number of nitrogens with zero attached hydrogens (tertiary/aromatic N) is 2. The molecule has 2 N–H and O–H groups in total. The first kappa shape index (κ1) is 12.6. The molecule has 96 valence electrons. The third kappa shape index (κ3) is 3.07. The zero-order valence-electron chi connectivity index (χ0n) is 10.6. The van der Waals surface area contributed by atoms with Crippen molar-refractivity contribution in [3.8, 4) is 0 Å². The van der Waals surface area contributed by atoms with Crippen molar-refractivity contribution in [3.05, 3.63) is 18.2 Å². The van der Waals surface area contributed by atoms with Crippen LogP contribution in [0.25, 0.3) is 0 Å². The van der Waals surface area contributed by atoms with Crippen molar-refractivity contribution in [1.29, 1.82) is 0 Å². The van der Waals surface area contributed by atoms with Gasteiger partial charge in [-0.25, -0.2) is 4.98 Å². The Balaban J connectivity index is 1.76.